The van der Waals surface area contributed by atoms with Crippen molar-refractivity contribution in [3.63, 3.8) is 0 Å². The molecule has 0 bridgehead atoms. The molecular formula is C20H23NO4. The Morgan fingerprint density at radius 1 is 1.20 bits per heavy atom. The van der Waals surface area contributed by atoms with Crippen LogP contribution in [-0.2, 0) is 9.59 Å². The predicted octanol–water partition coefficient (Wildman–Crippen LogP) is 3.82. The van der Waals surface area contributed by atoms with Gasteiger partial charge in [-0.2, -0.15) is 0 Å². The number of aliphatic imine (C=N–C) groups is 1. The molecule has 1 unspecified atom stereocenters. The Morgan fingerprint density at radius 3 is 2.44 bits per heavy atom. The predicted molar refractivity (Wildman–Crippen MR) is 97.7 cm³/mol. The number of aliphatic carboxylic acids is 1. The Morgan fingerprint density at radius 2 is 1.84 bits per heavy atom. The second kappa shape index (κ2) is 7.47. The number of aliphatic hydroxyl groups is 1. The van der Waals surface area contributed by atoms with Crippen molar-refractivity contribution in [3.8, 4) is 0 Å². The average molecular weight is 341 g/mol. The third kappa shape index (κ3) is 4.89. The third-order valence-corrected chi connectivity index (χ3v) is 4.05. The molecule has 132 valence electrons. The number of aliphatic hydroxyl groups excluding tert-OH is 1. The van der Waals surface area contributed by atoms with E-state index in [1.54, 1.807) is 6.08 Å². The van der Waals surface area contributed by atoms with Gasteiger partial charge in [-0.3, -0.25) is 9.79 Å². The second-order valence-corrected chi connectivity index (χ2v) is 7.04. The summed E-state index contributed by atoms with van der Waals surface area (Å²) in [7, 11) is 0. The largest absolute Gasteiger partial charge is 0.507 e. The maximum absolute atomic E-state index is 12.5. The molecule has 0 heterocycles. The number of ketones is 1. The van der Waals surface area contributed by atoms with Crippen LogP contribution in [0.3, 0.4) is 0 Å². The Labute approximate surface area is 147 Å². The van der Waals surface area contributed by atoms with Gasteiger partial charge < -0.3 is 10.2 Å². The van der Waals surface area contributed by atoms with Gasteiger partial charge in [-0.1, -0.05) is 50.3 Å². The first kappa shape index (κ1) is 18.6. The van der Waals surface area contributed by atoms with Crippen molar-refractivity contribution in [1.82, 2.24) is 0 Å². The summed E-state index contributed by atoms with van der Waals surface area (Å²) in [5.74, 6) is -1.47. The van der Waals surface area contributed by atoms with Crippen LogP contribution in [0.15, 0.2) is 52.7 Å². The number of nitrogens with zero attached hydrogens (tertiary/aromatic N) is 1. The topological polar surface area (TPSA) is 87.0 Å². The summed E-state index contributed by atoms with van der Waals surface area (Å²) in [5.41, 5.74) is 1.04. The fourth-order valence-electron chi connectivity index (χ4n) is 2.80. The first-order valence-corrected chi connectivity index (χ1v) is 8.19. The van der Waals surface area contributed by atoms with Crippen molar-refractivity contribution < 1.29 is 19.8 Å². The van der Waals surface area contributed by atoms with E-state index in [9.17, 15) is 14.7 Å². The molecule has 0 radical (unpaired) electrons. The van der Waals surface area contributed by atoms with Crippen LogP contribution in [0.1, 0.15) is 39.2 Å². The highest BCUT2D eigenvalue weighted by molar-refractivity contribution is 6.25. The zero-order valence-electron chi connectivity index (χ0n) is 14.7. The molecule has 1 aromatic rings. The van der Waals surface area contributed by atoms with E-state index in [1.165, 1.54) is 13.0 Å². The molecule has 1 aliphatic carbocycles. The molecule has 1 aliphatic rings. The van der Waals surface area contributed by atoms with Crippen LogP contribution in [0.4, 0.5) is 0 Å². The first-order chi connectivity index (χ1) is 11.7. The molecule has 0 aromatic heterocycles. The van der Waals surface area contributed by atoms with Crippen LogP contribution in [0.5, 0.6) is 0 Å². The lowest BCUT2D eigenvalue weighted by Crippen LogP contribution is -2.33. The van der Waals surface area contributed by atoms with Gasteiger partial charge in [0.25, 0.3) is 0 Å². The lowest BCUT2D eigenvalue weighted by molar-refractivity contribution is -0.138. The molecule has 1 atom stereocenters. The minimum absolute atomic E-state index is 0.125. The van der Waals surface area contributed by atoms with E-state index in [0.29, 0.717) is 12.1 Å². The third-order valence-electron chi connectivity index (χ3n) is 4.05. The molecule has 0 aliphatic heterocycles. The fourth-order valence-corrected chi connectivity index (χ4v) is 2.80. The maximum atomic E-state index is 12.5. The number of carboxylic acids is 1. The zero-order valence-corrected chi connectivity index (χ0v) is 14.7. The van der Waals surface area contributed by atoms with Crippen LogP contribution < -0.4 is 0 Å². The molecule has 1 saturated carbocycles. The molecule has 25 heavy (non-hydrogen) atoms. The van der Waals surface area contributed by atoms with Crippen LogP contribution in [0, 0.1) is 5.41 Å². The number of hydrogen-bond donors (Lipinski definition) is 2. The fraction of sp³-hybridized carbons (Fsp3) is 0.350. The SMILES string of the molecule is CC(N=C1CC(C)(C)CC(=O)C1=C(O)C=Cc1ccccc1)C(=O)O. The van der Waals surface area contributed by atoms with E-state index in [4.69, 9.17) is 5.11 Å². The summed E-state index contributed by atoms with van der Waals surface area (Å²) in [4.78, 5) is 27.8. The van der Waals surface area contributed by atoms with Crippen LogP contribution in [0.25, 0.3) is 6.08 Å². The van der Waals surface area contributed by atoms with Crippen LogP contribution in [-0.4, -0.2) is 33.7 Å². The highest BCUT2D eigenvalue weighted by atomic mass is 16.4. The van der Waals surface area contributed by atoms with Gasteiger partial charge in [0, 0.05) is 6.42 Å². The van der Waals surface area contributed by atoms with Crippen molar-refractivity contribution >= 4 is 23.5 Å². The van der Waals surface area contributed by atoms with E-state index in [2.05, 4.69) is 4.99 Å². The highest BCUT2D eigenvalue weighted by Gasteiger charge is 2.36. The van der Waals surface area contributed by atoms with E-state index in [1.807, 2.05) is 44.2 Å². The van der Waals surface area contributed by atoms with Gasteiger partial charge in [-0.15, -0.1) is 0 Å². The summed E-state index contributed by atoms with van der Waals surface area (Å²) in [6.45, 7) is 5.31. The monoisotopic (exact) mass is 341 g/mol. The summed E-state index contributed by atoms with van der Waals surface area (Å²) in [6, 6.07) is 8.42. The van der Waals surface area contributed by atoms with Gasteiger partial charge in [-0.05, 0) is 30.4 Å². The number of hydrogen-bond acceptors (Lipinski definition) is 4. The summed E-state index contributed by atoms with van der Waals surface area (Å²) in [5, 5.41) is 19.5. The number of carboxylic acid groups (broad SMARTS) is 1. The van der Waals surface area contributed by atoms with Crippen molar-refractivity contribution in [2.45, 2.75) is 39.7 Å². The lowest BCUT2D eigenvalue weighted by Gasteiger charge is -2.31. The van der Waals surface area contributed by atoms with Gasteiger partial charge in [-0.25, -0.2) is 4.79 Å². The molecule has 2 N–H and O–H groups in total. The smallest absolute Gasteiger partial charge is 0.328 e. The molecular weight excluding hydrogens is 318 g/mol. The van der Waals surface area contributed by atoms with Crippen molar-refractivity contribution in [2.24, 2.45) is 10.4 Å². The maximum Gasteiger partial charge on any atom is 0.328 e. The molecule has 5 nitrogen and oxygen atoms in total. The quantitative estimate of drug-likeness (QED) is 0.644. The Hall–Kier alpha value is -2.69. The van der Waals surface area contributed by atoms with Gasteiger partial charge in [0.05, 0.1) is 11.3 Å². The molecule has 1 aromatic carbocycles. The zero-order chi connectivity index (χ0) is 18.6. The summed E-state index contributed by atoms with van der Waals surface area (Å²) >= 11 is 0. The molecule has 2 rings (SSSR count). The molecule has 1 fully saturated rings. The molecule has 0 amide bonds. The van der Waals surface area contributed by atoms with Crippen molar-refractivity contribution in [3.05, 3.63) is 53.3 Å². The highest BCUT2D eigenvalue weighted by Crippen LogP contribution is 2.35. The van der Waals surface area contributed by atoms with Gasteiger partial charge in [0.1, 0.15) is 11.8 Å². The minimum Gasteiger partial charge on any atom is -0.507 e. The van der Waals surface area contributed by atoms with Crippen molar-refractivity contribution in [1.29, 1.82) is 0 Å². The Kier molecular flexibility index (Phi) is 5.57. The summed E-state index contributed by atoms with van der Waals surface area (Å²) in [6.07, 6.45) is 3.89. The molecule has 0 saturated heterocycles. The average Bonchev–Trinajstić information content (AvgIpc) is 2.52. The molecule has 5 heteroatoms. The molecule has 0 spiro atoms. The number of carbonyl (C=O) groups is 2. The van der Waals surface area contributed by atoms with E-state index >= 15 is 0 Å². The first-order valence-electron chi connectivity index (χ1n) is 8.19. The van der Waals surface area contributed by atoms with Crippen molar-refractivity contribution in [2.75, 3.05) is 0 Å². The lowest BCUT2D eigenvalue weighted by atomic mass is 9.73. The van der Waals surface area contributed by atoms with Gasteiger partial charge in [0.2, 0.25) is 0 Å². The Bertz CT molecular complexity index is 757. The van der Waals surface area contributed by atoms with E-state index < -0.39 is 12.0 Å². The van der Waals surface area contributed by atoms with Crippen LogP contribution >= 0.6 is 0 Å². The number of benzene rings is 1. The Balaban J connectivity index is 2.43. The number of allylic oxidation sites excluding steroid dienone is 2. The standard InChI is InChI=1S/C20H23NO4/c1-13(19(24)25)21-15-11-20(2,3)12-17(23)18(15)16(22)10-9-14-7-5-4-6-8-14/h4-10,13,22H,11-12H2,1-3H3,(H,24,25). The van der Waals surface area contributed by atoms with Gasteiger partial charge in [0.15, 0.2) is 5.78 Å². The minimum atomic E-state index is -1.07. The van der Waals surface area contributed by atoms with E-state index in [0.717, 1.165) is 5.56 Å². The summed E-state index contributed by atoms with van der Waals surface area (Å²) < 4.78 is 0. The van der Waals surface area contributed by atoms with Crippen LogP contribution in [0.2, 0.25) is 0 Å². The number of carbonyl (C=O) groups excluding carboxylic acids is 1. The van der Waals surface area contributed by atoms with E-state index in [-0.39, 0.29) is 29.0 Å². The number of rotatable bonds is 4. The normalized spacial score (nSPS) is 22.2. The van der Waals surface area contributed by atoms with Gasteiger partial charge >= 0.3 is 5.97 Å². The number of Topliss-reactive ketones (excluding diaryl/α,β-unsaturated/α-hetero) is 1. The second-order valence-electron chi connectivity index (χ2n) is 7.04.